The molecule has 6 heteroatoms. The van der Waals surface area contributed by atoms with Crippen molar-refractivity contribution >= 4 is 55.5 Å². The number of aliphatic imine (C=N–C) groups is 2. The zero-order chi connectivity index (χ0) is 34.2. The molecule has 0 aliphatic rings. The summed E-state index contributed by atoms with van der Waals surface area (Å²) in [5.74, 6) is 0.243. The van der Waals surface area contributed by atoms with Gasteiger partial charge in [0.05, 0.1) is 13.1 Å². The van der Waals surface area contributed by atoms with Crippen LogP contribution >= 0.6 is 0 Å². The van der Waals surface area contributed by atoms with Crippen LogP contribution in [0.3, 0.4) is 0 Å². The second-order valence-corrected chi connectivity index (χ2v) is 12.3. The maximum Gasteiger partial charge on any atom is 0.132 e. The Hall–Kier alpha value is -6.66. The summed E-state index contributed by atoms with van der Waals surface area (Å²) in [6.45, 7) is 0.672. The number of hydrogen-bond donors (Lipinski definition) is 4. The lowest BCUT2D eigenvalue weighted by molar-refractivity contribution is 0.470. The van der Waals surface area contributed by atoms with E-state index in [1.807, 2.05) is 121 Å². The van der Waals surface area contributed by atoms with Gasteiger partial charge in [0.15, 0.2) is 0 Å². The van der Waals surface area contributed by atoms with Gasteiger partial charge in [-0.2, -0.15) is 0 Å². The van der Waals surface area contributed by atoms with Gasteiger partial charge in [0.25, 0.3) is 0 Å². The van der Waals surface area contributed by atoms with Crippen LogP contribution in [0, 0.1) is 0 Å². The number of nitrogens with zero attached hydrogens (tertiary/aromatic N) is 2. The van der Waals surface area contributed by atoms with E-state index in [4.69, 9.17) is 0 Å². The molecule has 0 fully saturated rings. The summed E-state index contributed by atoms with van der Waals surface area (Å²) in [6, 6.07) is 42.0. The van der Waals surface area contributed by atoms with Crippen molar-refractivity contribution in [1.29, 1.82) is 0 Å². The zero-order valence-electron chi connectivity index (χ0n) is 27.0. The summed E-state index contributed by atoms with van der Waals surface area (Å²) in [6.07, 6.45) is 3.27. The minimum Gasteiger partial charge on any atom is -0.507 e. The maximum atomic E-state index is 11.6. The molecule has 0 atom stereocenters. The quantitative estimate of drug-likeness (QED) is 0.102. The Morgan fingerprint density at radius 2 is 0.720 bits per heavy atom. The van der Waals surface area contributed by atoms with Crippen molar-refractivity contribution in [1.82, 2.24) is 0 Å². The Morgan fingerprint density at radius 3 is 1.12 bits per heavy atom. The molecule has 4 N–H and O–H groups in total. The fourth-order valence-electron chi connectivity index (χ4n) is 6.91. The van der Waals surface area contributed by atoms with E-state index < -0.39 is 0 Å². The number of hydrogen-bond acceptors (Lipinski definition) is 6. The lowest BCUT2D eigenvalue weighted by Gasteiger charge is -2.16. The Kier molecular flexibility index (Phi) is 7.82. The van der Waals surface area contributed by atoms with Gasteiger partial charge in [-0.25, -0.2) is 0 Å². The van der Waals surface area contributed by atoms with Gasteiger partial charge in [-0.05, 0) is 67.4 Å². The summed E-state index contributed by atoms with van der Waals surface area (Å²) in [7, 11) is 0. The molecule has 0 aromatic heterocycles. The van der Waals surface area contributed by atoms with Crippen LogP contribution < -0.4 is 0 Å². The second-order valence-electron chi connectivity index (χ2n) is 12.3. The highest BCUT2D eigenvalue weighted by Gasteiger charge is 2.20. The number of aromatic hydroxyl groups is 4. The third-order valence-electron chi connectivity index (χ3n) is 9.24. The summed E-state index contributed by atoms with van der Waals surface area (Å²) in [4.78, 5) is 9.17. The van der Waals surface area contributed by atoms with E-state index in [1.165, 1.54) is 0 Å². The van der Waals surface area contributed by atoms with Crippen molar-refractivity contribution in [3.8, 4) is 45.3 Å². The molecule has 0 saturated carbocycles. The zero-order valence-corrected chi connectivity index (χ0v) is 27.0. The van der Waals surface area contributed by atoms with Gasteiger partial charge in [-0.1, -0.05) is 109 Å². The van der Waals surface area contributed by atoms with E-state index in [9.17, 15) is 20.4 Å². The number of phenolic OH excluding ortho intramolecular Hbond substituents is 4. The Balaban J connectivity index is 1.11. The lowest BCUT2D eigenvalue weighted by Crippen LogP contribution is -1.95. The molecule has 0 saturated heterocycles. The molecule has 6 nitrogen and oxygen atoms in total. The molecular weight excluding hydrogens is 620 g/mol. The molecular formula is C44H32N2O4. The van der Waals surface area contributed by atoms with Crippen molar-refractivity contribution in [3.63, 3.8) is 0 Å². The van der Waals surface area contributed by atoms with Gasteiger partial charge in [0.1, 0.15) is 23.0 Å². The van der Waals surface area contributed by atoms with Crippen LogP contribution in [0.5, 0.6) is 23.0 Å². The van der Waals surface area contributed by atoms with Gasteiger partial charge in [-0.3, -0.25) is 9.98 Å². The highest BCUT2D eigenvalue weighted by Crippen LogP contribution is 2.47. The number of benzene rings is 8. The number of phenols is 4. The average Bonchev–Trinajstić information content (AvgIpc) is 3.14. The van der Waals surface area contributed by atoms with Crippen LogP contribution in [-0.2, 0) is 0 Å². The van der Waals surface area contributed by atoms with Gasteiger partial charge in [0.2, 0.25) is 0 Å². The fraction of sp³-hybridized carbons (Fsp3) is 0.0455. The Morgan fingerprint density at radius 1 is 0.380 bits per heavy atom. The van der Waals surface area contributed by atoms with Crippen molar-refractivity contribution in [3.05, 3.63) is 145 Å². The first-order valence-electron chi connectivity index (χ1n) is 16.4. The molecule has 0 spiro atoms. The minimum absolute atomic E-state index is 0.0351. The molecule has 0 unspecified atom stereocenters. The standard InChI is InChI=1S/C44H32N2O4/c47-37-19-17-27-9-1-5-13-33(27)39(37)41-35-15-7-3-11-29(35)23-31(43(41)49)25-45-21-22-46-26-32-24-30-12-4-8-16-36(30)42(44(32)50)40-34-14-6-2-10-28(34)18-20-38(40)48/h1-20,23-26,47-50H,21-22H2. The first-order valence-corrected chi connectivity index (χ1v) is 16.4. The van der Waals surface area contributed by atoms with E-state index in [0.717, 1.165) is 43.1 Å². The summed E-state index contributed by atoms with van der Waals surface area (Å²) >= 11 is 0. The van der Waals surface area contributed by atoms with Crippen LogP contribution in [0.15, 0.2) is 143 Å². The maximum absolute atomic E-state index is 11.6. The molecule has 0 aliphatic heterocycles. The van der Waals surface area contributed by atoms with E-state index in [1.54, 1.807) is 24.6 Å². The number of fused-ring (bicyclic) bond motifs is 4. The Labute approximate surface area is 288 Å². The molecule has 0 aliphatic carbocycles. The van der Waals surface area contributed by atoms with Crippen molar-refractivity contribution in [2.45, 2.75) is 0 Å². The second kappa shape index (κ2) is 12.7. The van der Waals surface area contributed by atoms with Crippen molar-refractivity contribution in [2.75, 3.05) is 13.1 Å². The summed E-state index contributed by atoms with van der Waals surface area (Å²) in [5, 5.41) is 52.4. The monoisotopic (exact) mass is 652 g/mol. The summed E-state index contributed by atoms with van der Waals surface area (Å²) in [5.41, 5.74) is 3.31. The van der Waals surface area contributed by atoms with E-state index >= 15 is 0 Å². The van der Waals surface area contributed by atoms with Gasteiger partial charge >= 0.3 is 0 Å². The Bertz CT molecular complexity index is 2480. The predicted molar refractivity (Wildman–Crippen MR) is 205 cm³/mol. The average molecular weight is 653 g/mol. The van der Waals surface area contributed by atoms with Crippen LogP contribution in [0.4, 0.5) is 0 Å². The molecule has 0 heterocycles. The predicted octanol–water partition coefficient (Wildman–Crippen LogP) is 9.99. The highest BCUT2D eigenvalue weighted by atomic mass is 16.3. The van der Waals surface area contributed by atoms with E-state index in [-0.39, 0.29) is 23.0 Å². The first-order chi connectivity index (χ1) is 24.5. The highest BCUT2D eigenvalue weighted by molar-refractivity contribution is 6.13. The summed E-state index contributed by atoms with van der Waals surface area (Å²) < 4.78 is 0. The fourth-order valence-corrected chi connectivity index (χ4v) is 6.91. The van der Waals surface area contributed by atoms with Crippen molar-refractivity contribution in [2.24, 2.45) is 9.98 Å². The van der Waals surface area contributed by atoms with Crippen LogP contribution in [-0.4, -0.2) is 45.9 Å². The number of rotatable bonds is 7. The third kappa shape index (κ3) is 5.33. The first kappa shape index (κ1) is 30.7. The van der Waals surface area contributed by atoms with E-state index in [2.05, 4.69) is 9.98 Å². The van der Waals surface area contributed by atoms with Gasteiger partial charge in [-0.15, -0.1) is 0 Å². The molecule has 50 heavy (non-hydrogen) atoms. The lowest BCUT2D eigenvalue weighted by atomic mass is 9.90. The molecule has 8 aromatic rings. The molecule has 0 amide bonds. The van der Waals surface area contributed by atoms with Crippen LogP contribution in [0.1, 0.15) is 11.1 Å². The largest absolute Gasteiger partial charge is 0.507 e. The molecule has 0 radical (unpaired) electrons. The smallest absolute Gasteiger partial charge is 0.132 e. The molecule has 8 aromatic carbocycles. The molecule has 242 valence electrons. The van der Waals surface area contributed by atoms with Gasteiger partial charge < -0.3 is 20.4 Å². The topological polar surface area (TPSA) is 106 Å². The van der Waals surface area contributed by atoms with Gasteiger partial charge in [0, 0.05) is 45.8 Å². The molecule has 8 rings (SSSR count). The van der Waals surface area contributed by atoms with Crippen molar-refractivity contribution < 1.29 is 20.4 Å². The third-order valence-corrected chi connectivity index (χ3v) is 9.24. The van der Waals surface area contributed by atoms with E-state index in [0.29, 0.717) is 46.5 Å². The SMILES string of the molecule is Oc1ccc2ccccc2c1-c1c(O)c(C=NCCN=Cc2cc3ccccc3c(-c3c(O)ccc4ccccc34)c2O)cc2ccccc12. The van der Waals surface area contributed by atoms with Crippen LogP contribution in [0.25, 0.3) is 65.3 Å². The van der Waals surface area contributed by atoms with Crippen LogP contribution in [0.2, 0.25) is 0 Å². The minimum atomic E-state index is 0.0351. The normalized spacial score (nSPS) is 11.9. The molecule has 0 bridgehead atoms.